The van der Waals surface area contributed by atoms with Crippen LogP contribution in [0.25, 0.3) is 0 Å². The maximum absolute atomic E-state index is 5.53. The Morgan fingerprint density at radius 3 is 2.70 bits per heavy atom. The minimum absolute atomic E-state index is 0.718. The molecule has 1 unspecified atom stereocenters. The second-order valence-corrected chi connectivity index (χ2v) is 2.94. The fourth-order valence-electron chi connectivity index (χ4n) is 1.34. The number of nitrogens with two attached hydrogens (primary N) is 2. The lowest BCUT2D eigenvalue weighted by molar-refractivity contribution is 0.478. The molecule has 0 saturated heterocycles. The lowest BCUT2D eigenvalue weighted by Crippen LogP contribution is -2.18. The Balaban J connectivity index is 2.36. The van der Waals surface area contributed by atoms with Crippen molar-refractivity contribution in [3.8, 4) is 0 Å². The third-order valence-corrected chi connectivity index (χ3v) is 2.21. The molecule has 1 atom stereocenters. The van der Waals surface area contributed by atoms with Gasteiger partial charge in [0.15, 0.2) is 0 Å². The zero-order valence-corrected chi connectivity index (χ0v) is 6.34. The highest BCUT2D eigenvalue weighted by molar-refractivity contribution is 5.07. The first-order valence-electron chi connectivity index (χ1n) is 3.95. The van der Waals surface area contributed by atoms with Crippen molar-refractivity contribution in [3.05, 3.63) is 11.6 Å². The van der Waals surface area contributed by atoms with Crippen LogP contribution in [-0.4, -0.2) is 13.1 Å². The Labute approximate surface area is 62.3 Å². The molecular weight excluding hydrogens is 124 g/mol. The van der Waals surface area contributed by atoms with Crippen LogP contribution in [-0.2, 0) is 0 Å². The minimum atomic E-state index is 0.718. The van der Waals surface area contributed by atoms with E-state index in [1.165, 1.54) is 18.4 Å². The van der Waals surface area contributed by atoms with Crippen molar-refractivity contribution in [1.29, 1.82) is 0 Å². The van der Waals surface area contributed by atoms with Crippen LogP contribution in [0.4, 0.5) is 0 Å². The van der Waals surface area contributed by atoms with Crippen molar-refractivity contribution in [3.63, 3.8) is 0 Å². The first-order chi connectivity index (χ1) is 4.86. The molecule has 1 aliphatic rings. The zero-order chi connectivity index (χ0) is 7.40. The van der Waals surface area contributed by atoms with Crippen molar-refractivity contribution < 1.29 is 0 Å². The van der Waals surface area contributed by atoms with E-state index in [1.807, 2.05) is 0 Å². The molecular formula is C8H16N2. The zero-order valence-electron chi connectivity index (χ0n) is 6.34. The molecule has 0 aromatic heterocycles. The predicted octanol–water partition coefficient (Wildman–Crippen LogP) is 0.630. The van der Waals surface area contributed by atoms with Crippen LogP contribution in [0.5, 0.6) is 0 Å². The second-order valence-electron chi connectivity index (χ2n) is 2.94. The Hall–Kier alpha value is -0.340. The molecule has 4 N–H and O–H groups in total. The predicted molar refractivity (Wildman–Crippen MR) is 43.5 cm³/mol. The van der Waals surface area contributed by atoms with Gasteiger partial charge in [-0.05, 0) is 31.7 Å². The van der Waals surface area contributed by atoms with Gasteiger partial charge in [-0.25, -0.2) is 0 Å². The summed E-state index contributed by atoms with van der Waals surface area (Å²) in [6.07, 6.45) is 5.79. The van der Waals surface area contributed by atoms with Crippen molar-refractivity contribution >= 4 is 0 Å². The molecule has 0 heterocycles. The normalized spacial score (nSPS) is 26.2. The van der Waals surface area contributed by atoms with E-state index in [0.29, 0.717) is 0 Å². The summed E-state index contributed by atoms with van der Waals surface area (Å²) in [6.45, 7) is 1.56. The van der Waals surface area contributed by atoms with Crippen molar-refractivity contribution in [2.24, 2.45) is 17.4 Å². The van der Waals surface area contributed by atoms with Gasteiger partial charge in [0.25, 0.3) is 0 Å². The topological polar surface area (TPSA) is 52.0 Å². The maximum Gasteiger partial charge on any atom is 0.0136 e. The molecule has 1 rings (SSSR count). The van der Waals surface area contributed by atoms with E-state index < -0.39 is 0 Å². The summed E-state index contributed by atoms with van der Waals surface area (Å²) < 4.78 is 0. The highest BCUT2D eigenvalue weighted by atomic mass is 14.6. The highest BCUT2D eigenvalue weighted by Gasteiger charge is 2.10. The van der Waals surface area contributed by atoms with Gasteiger partial charge in [-0.15, -0.1) is 0 Å². The fourth-order valence-corrected chi connectivity index (χ4v) is 1.34. The van der Waals surface area contributed by atoms with Gasteiger partial charge in [-0.1, -0.05) is 11.6 Å². The molecule has 0 aromatic carbocycles. The molecule has 1 aliphatic carbocycles. The average molecular weight is 140 g/mol. The fraction of sp³-hybridized carbons (Fsp3) is 0.750. The molecule has 0 saturated carbocycles. The molecule has 0 aromatic rings. The van der Waals surface area contributed by atoms with E-state index in [1.54, 1.807) is 0 Å². The van der Waals surface area contributed by atoms with Gasteiger partial charge >= 0.3 is 0 Å². The van der Waals surface area contributed by atoms with Gasteiger partial charge in [0.05, 0.1) is 0 Å². The van der Waals surface area contributed by atoms with Crippen LogP contribution in [0.2, 0.25) is 0 Å². The van der Waals surface area contributed by atoms with Gasteiger partial charge in [0.2, 0.25) is 0 Å². The van der Waals surface area contributed by atoms with Gasteiger partial charge in [0, 0.05) is 6.54 Å². The maximum atomic E-state index is 5.53. The lowest BCUT2D eigenvalue weighted by atomic mass is 9.90. The quantitative estimate of drug-likeness (QED) is 0.553. The van der Waals surface area contributed by atoms with Crippen LogP contribution >= 0.6 is 0 Å². The Bertz CT molecular complexity index is 129. The third-order valence-electron chi connectivity index (χ3n) is 2.21. The van der Waals surface area contributed by atoms with E-state index in [0.717, 1.165) is 25.4 Å². The highest BCUT2D eigenvalue weighted by Crippen LogP contribution is 2.21. The molecule has 0 radical (unpaired) electrons. The smallest absolute Gasteiger partial charge is 0.0136 e. The third kappa shape index (κ3) is 1.82. The van der Waals surface area contributed by atoms with E-state index >= 15 is 0 Å². The lowest BCUT2D eigenvalue weighted by Gasteiger charge is -2.19. The van der Waals surface area contributed by atoms with Crippen LogP contribution in [0.15, 0.2) is 11.6 Å². The summed E-state index contributed by atoms with van der Waals surface area (Å²) in [6, 6.07) is 0. The van der Waals surface area contributed by atoms with E-state index in [-0.39, 0.29) is 0 Å². The molecule has 58 valence electrons. The van der Waals surface area contributed by atoms with Crippen LogP contribution in [0.1, 0.15) is 19.3 Å². The number of hydrogen-bond donors (Lipinski definition) is 2. The van der Waals surface area contributed by atoms with Crippen molar-refractivity contribution in [2.45, 2.75) is 19.3 Å². The molecule has 0 aliphatic heterocycles. The summed E-state index contributed by atoms with van der Waals surface area (Å²) in [7, 11) is 0. The monoisotopic (exact) mass is 140 g/mol. The SMILES string of the molecule is NCC1=CCC(CN)CC1. The molecule has 0 fully saturated rings. The number of hydrogen-bond acceptors (Lipinski definition) is 2. The summed E-state index contributed by atoms with van der Waals surface area (Å²) in [4.78, 5) is 0. The minimum Gasteiger partial charge on any atom is -0.330 e. The van der Waals surface area contributed by atoms with Crippen molar-refractivity contribution in [1.82, 2.24) is 0 Å². The average Bonchev–Trinajstić information content (AvgIpc) is 2.05. The molecule has 0 bridgehead atoms. The van der Waals surface area contributed by atoms with Gasteiger partial charge in [0.1, 0.15) is 0 Å². The summed E-state index contributed by atoms with van der Waals surface area (Å²) in [5.41, 5.74) is 12.4. The van der Waals surface area contributed by atoms with Crippen LogP contribution in [0, 0.1) is 5.92 Å². The Morgan fingerprint density at radius 1 is 1.50 bits per heavy atom. The first-order valence-corrected chi connectivity index (χ1v) is 3.95. The Kier molecular flexibility index (Phi) is 2.90. The second kappa shape index (κ2) is 3.74. The van der Waals surface area contributed by atoms with Crippen molar-refractivity contribution in [2.75, 3.05) is 13.1 Å². The summed E-state index contributed by atoms with van der Waals surface area (Å²) in [5, 5.41) is 0. The van der Waals surface area contributed by atoms with Crippen LogP contribution < -0.4 is 11.5 Å². The molecule has 2 nitrogen and oxygen atoms in total. The van der Waals surface area contributed by atoms with E-state index in [9.17, 15) is 0 Å². The molecule has 0 amide bonds. The van der Waals surface area contributed by atoms with E-state index in [2.05, 4.69) is 6.08 Å². The van der Waals surface area contributed by atoms with Gasteiger partial charge in [-0.2, -0.15) is 0 Å². The van der Waals surface area contributed by atoms with Crippen LogP contribution in [0.3, 0.4) is 0 Å². The standard InChI is InChI=1S/C8H16N2/c9-5-7-1-2-8(6-10)4-3-7/h1,8H,2-6,9-10H2. The summed E-state index contributed by atoms with van der Waals surface area (Å²) in [5.74, 6) is 0.718. The van der Waals surface area contributed by atoms with E-state index in [4.69, 9.17) is 11.5 Å². The number of rotatable bonds is 2. The number of allylic oxidation sites excluding steroid dienone is 1. The Morgan fingerprint density at radius 2 is 2.30 bits per heavy atom. The molecule has 2 heteroatoms. The largest absolute Gasteiger partial charge is 0.330 e. The van der Waals surface area contributed by atoms with Gasteiger partial charge in [-0.3, -0.25) is 0 Å². The summed E-state index contributed by atoms with van der Waals surface area (Å²) >= 11 is 0. The van der Waals surface area contributed by atoms with Gasteiger partial charge < -0.3 is 11.5 Å². The molecule has 0 spiro atoms. The first kappa shape index (κ1) is 7.76. The molecule has 10 heavy (non-hydrogen) atoms.